The molecule has 2 atom stereocenters. The van der Waals surface area contributed by atoms with Crippen molar-refractivity contribution in [3.8, 4) is 11.5 Å². The average Bonchev–Trinajstić information content (AvgIpc) is 2.76. The highest BCUT2D eigenvalue weighted by molar-refractivity contribution is 9.10. The molecule has 2 unspecified atom stereocenters. The second-order valence-electron chi connectivity index (χ2n) is 7.11. The number of carbonyl (C=O) groups is 2. The van der Waals surface area contributed by atoms with Crippen LogP contribution in [0.15, 0.2) is 53.0 Å². The van der Waals surface area contributed by atoms with E-state index >= 15 is 0 Å². The molecule has 0 spiro atoms. The number of benzene rings is 2. The third kappa shape index (κ3) is 7.06. The summed E-state index contributed by atoms with van der Waals surface area (Å²) in [7, 11) is 1.59. The maximum atomic E-state index is 13.0. The molecule has 0 aromatic heterocycles. The molecule has 1 N–H and O–H groups in total. The summed E-state index contributed by atoms with van der Waals surface area (Å²) in [5, 5.41) is 2.95. The molecule has 30 heavy (non-hydrogen) atoms. The fraction of sp³-hybridized carbons (Fsp3) is 0.391. The van der Waals surface area contributed by atoms with Gasteiger partial charge in [0.15, 0.2) is 6.61 Å². The summed E-state index contributed by atoms with van der Waals surface area (Å²) in [4.78, 5) is 27.3. The maximum absolute atomic E-state index is 13.0. The van der Waals surface area contributed by atoms with Gasteiger partial charge in [0.25, 0.3) is 5.91 Å². The molecule has 0 aliphatic rings. The summed E-state index contributed by atoms with van der Waals surface area (Å²) in [6.45, 7) is 5.78. The van der Waals surface area contributed by atoms with Crippen molar-refractivity contribution in [2.75, 3.05) is 13.7 Å². The summed E-state index contributed by atoms with van der Waals surface area (Å²) >= 11 is 3.37. The average molecular weight is 477 g/mol. The van der Waals surface area contributed by atoms with E-state index in [-0.39, 0.29) is 31.0 Å². The largest absolute Gasteiger partial charge is 0.497 e. The van der Waals surface area contributed by atoms with Gasteiger partial charge in [-0.1, -0.05) is 35.0 Å². The fourth-order valence-corrected chi connectivity index (χ4v) is 3.04. The first-order valence-electron chi connectivity index (χ1n) is 9.95. The minimum Gasteiger partial charge on any atom is -0.497 e. The zero-order valence-electron chi connectivity index (χ0n) is 17.9. The normalized spacial score (nSPS) is 12.6. The molecule has 0 radical (unpaired) electrons. The first-order chi connectivity index (χ1) is 14.3. The maximum Gasteiger partial charge on any atom is 0.261 e. The molecule has 0 aliphatic carbocycles. The summed E-state index contributed by atoms with van der Waals surface area (Å²) in [6.07, 6.45) is 0.814. The van der Waals surface area contributed by atoms with Crippen molar-refractivity contribution < 1.29 is 19.1 Å². The van der Waals surface area contributed by atoms with Gasteiger partial charge in [0, 0.05) is 17.1 Å². The zero-order valence-corrected chi connectivity index (χ0v) is 19.4. The van der Waals surface area contributed by atoms with Crippen molar-refractivity contribution >= 4 is 27.7 Å². The zero-order chi connectivity index (χ0) is 22.1. The molecule has 2 aromatic rings. The Morgan fingerprint density at radius 1 is 1.10 bits per heavy atom. The Morgan fingerprint density at radius 2 is 1.80 bits per heavy atom. The van der Waals surface area contributed by atoms with Crippen LogP contribution in [0.1, 0.15) is 32.8 Å². The Morgan fingerprint density at radius 3 is 2.43 bits per heavy atom. The van der Waals surface area contributed by atoms with Crippen LogP contribution in [0.5, 0.6) is 11.5 Å². The third-order valence-corrected chi connectivity index (χ3v) is 5.36. The molecule has 2 rings (SSSR count). The molecule has 0 bridgehead atoms. The number of nitrogens with zero attached hydrogens (tertiary/aromatic N) is 1. The number of hydrogen-bond acceptors (Lipinski definition) is 4. The van der Waals surface area contributed by atoms with E-state index in [9.17, 15) is 9.59 Å². The SMILES string of the molecule is CCC(C)NC(=O)C(C)N(Cc1cccc(OC)c1)C(=O)COc1ccc(Br)cc1. The van der Waals surface area contributed by atoms with Crippen molar-refractivity contribution in [3.05, 3.63) is 58.6 Å². The molecule has 0 aliphatic heterocycles. The highest BCUT2D eigenvalue weighted by Gasteiger charge is 2.27. The topological polar surface area (TPSA) is 67.9 Å². The van der Waals surface area contributed by atoms with E-state index in [4.69, 9.17) is 9.47 Å². The first kappa shape index (κ1) is 23.7. The number of halogens is 1. The van der Waals surface area contributed by atoms with Crippen LogP contribution >= 0.6 is 15.9 Å². The van der Waals surface area contributed by atoms with E-state index in [0.717, 1.165) is 16.5 Å². The minimum absolute atomic E-state index is 0.0349. The predicted octanol–water partition coefficient (Wildman–Crippen LogP) is 4.17. The van der Waals surface area contributed by atoms with Crippen molar-refractivity contribution in [2.45, 2.75) is 45.8 Å². The lowest BCUT2D eigenvalue weighted by Crippen LogP contribution is -2.50. The van der Waals surface area contributed by atoms with Gasteiger partial charge in [-0.05, 0) is 62.2 Å². The molecule has 2 aromatic carbocycles. The Labute approximate surface area is 186 Å². The van der Waals surface area contributed by atoms with Crippen LogP contribution in [-0.2, 0) is 16.1 Å². The second kappa shape index (κ2) is 11.6. The predicted molar refractivity (Wildman–Crippen MR) is 121 cm³/mol. The van der Waals surface area contributed by atoms with E-state index in [2.05, 4.69) is 21.2 Å². The van der Waals surface area contributed by atoms with Crippen LogP contribution in [0, 0.1) is 0 Å². The molecular formula is C23H29BrN2O4. The van der Waals surface area contributed by atoms with Crippen molar-refractivity contribution in [1.29, 1.82) is 0 Å². The molecule has 2 amide bonds. The standard InChI is InChI=1S/C23H29BrN2O4/c1-5-16(2)25-23(28)17(3)26(14-18-7-6-8-21(13-18)29-4)22(27)15-30-20-11-9-19(24)10-12-20/h6-13,16-17H,5,14-15H2,1-4H3,(H,25,28). The molecule has 0 saturated carbocycles. The van der Waals surface area contributed by atoms with Crippen LogP contribution in [0.4, 0.5) is 0 Å². The van der Waals surface area contributed by atoms with Crippen molar-refractivity contribution in [1.82, 2.24) is 10.2 Å². The summed E-state index contributed by atoms with van der Waals surface area (Å²) in [5.74, 6) is 0.823. The Hall–Kier alpha value is -2.54. The van der Waals surface area contributed by atoms with Crippen LogP contribution in [0.25, 0.3) is 0 Å². The molecule has 7 heteroatoms. The number of rotatable bonds is 10. The number of methoxy groups -OCH3 is 1. The Bertz CT molecular complexity index is 841. The minimum atomic E-state index is -0.647. The van der Waals surface area contributed by atoms with Crippen LogP contribution in [0.2, 0.25) is 0 Å². The van der Waals surface area contributed by atoms with Crippen molar-refractivity contribution in [2.24, 2.45) is 0 Å². The van der Waals surface area contributed by atoms with Gasteiger partial charge >= 0.3 is 0 Å². The van der Waals surface area contributed by atoms with Gasteiger partial charge in [0.1, 0.15) is 17.5 Å². The van der Waals surface area contributed by atoms with Gasteiger partial charge in [-0.25, -0.2) is 0 Å². The van der Waals surface area contributed by atoms with Gasteiger partial charge in [-0.15, -0.1) is 0 Å². The van der Waals surface area contributed by atoms with Gasteiger partial charge < -0.3 is 19.7 Å². The molecule has 6 nitrogen and oxygen atoms in total. The third-order valence-electron chi connectivity index (χ3n) is 4.83. The second-order valence-corrected chi connectivity index (χ2v) is 8.03. The Balaban J connectivity index is 2.16. The summed E-state index contributed by atoms with van der Waals surface area (Å²) < 4.78 is 11.9. The van der Waals surface area contributed by atoms with E-state index in [1.165, 1.54) is 4.90 Å². The number of amides is 2. The van der Waals surface area contributed by atoms with E-state index in [0.29, 0.717) is 11.5 Å². The van der Waals surface area contributed by atoms with Crippen LogP contribution in [0.3, 0.4) is 0 Å². The number of carbonyl (C=O) groups excluding carboxylic acids is 2. The van der Waals surface area contributed by atoms with Crippen LogP contribution < -0.4 is 14.8 Å². The molecular weight excluding hydrogens is 448 g/mol. The number of nitrogens with one attached hydrogen (secondary N) is 1. The highest BCUT2D eigenvalue weighted by atomic mass is 79.9. The summed E-state index contributed by atoms with van der Waals surface area (Å²) in [6, 6.07) is 14.1. The van der Waals surface area contributed by atoms with E-state index in [1.54, 1.807) is 26.2 Å². The van der Waals surface area contributed by atoms with Gasteiger partial charge in [0.05, 0.1) is 7.11 Å². The lowest BCUT2D eigenvalue weighted by molar-refractivity contribution is -0.142. The highest BCUT2D eigenvalue weighted by Crippen LogP contribution is 2.18. The van der Waals surface area contributed by atoms with Crippen molar-refractivity contribution in [3.63, 3.8) is 0 Å². The number of hydrogen-bond donors (Lipinski definition) is 1. The van der Waals surface area contributed by atoms with Gasteiger partial charge in [-0.3, -0.25) is 9.59 Å². The fourth-order valence-electron chi connectivity index (χ4n) is 2.77. The monoisotopic (exact) mass is 476 g/mol. The lowest BCUT2D eigenvalue weighted by Gasteiger charge is -2.29. The smallest absolute Gasteiger partial charge is 0.261 e. The first-order valence-corrected chi connectivity index (χ1v) is 10.7. The Kier molecular flexibility index (Phi) is 9.17. The van der Waals surface area contributed by atoms with E-state index < -0.39 is 6.04 Å². The number of ether oxygens (including phenoxy) is 2. The molecule has 0 saturated heterocycles. The van der Waals surface area contributed by atoms with E-state index in [1.807, 2.05) is 50.2 Å². The molecule has 162 valence electrons. The lowest BCUT2D eigenvalue weighted by atomic mass is 10.1. The van der Waals surface area contributed by atoms with Crippen LogP contribution in [-0.4, -0.2) is 42.5 Å². The van der Waals surface area contributed by atoms with Gasteiger partial charge in [0.2, 0.25) is 5.91 Å². The molecule has 0 fully saturated rings. The summed E-state index contributed by atoms with van der Waals surface area (Å²) in [5.41, 5.74) is 0.870. The van der Waals surface area contributed by atoms with Gasteiger partial charge in [-0.2, -0.15) is 0 Å². The molecule has 0 heterocycles. The quantitative estimate of drug-likeness (QED) is 0.558.